The Kier molecular flexibility index (Phi) is 5.47. The number of nitrogens with zero attached hydrogens (tertiary/aromatic N) is 4. The number of hydrogen-bond donors (Lipinski definition) is 2. The Morgan fingerprint density at radius 3 is 2.93 bits per heavy atom. The first-order chi connectivity index (χ1) is 13.0. The monoisotopic (exact) mass is 382 g/mol. The summed E-state index contributed by atoms with van der Waals surface area (Å²) in [4.78, 5) is 26.4. The third-order valence-corrected chi connectivity index (χ3v) is 4.83. The number of anilines is 2. The van der Waals surface area contributed by atoms with Crippen LogP contribution < -0.4 is 15.4 Å². The molecule has 0 saturated heterocycles. The SMILES string of the molecule is Cc1c(C(=O)NCC#N)sc2ncnc(Nc3cccnc3OC(C)C)c12. The zero-order valence-electron chi connectivity index (χ0n) is 15.1. The number of pyridine rings is 1. The fraction of sp³-hybridized carbons (Fsp3) is 0.278. The minimum absolute atomic E-state index is 0.0239. The molecule has 3 rings (SSSR count). The summed E-state index contributed by atoms with van der Waals surface area (Å²) in [7, 11) is 0. The van der Waals surface area contributed by atoms with Crippen molar-refractivity contribution in [3.63, 3.8) is 0 Å². The summed E-state index contributed by atoms with van der Waals surface area (Å²) in [5.74, 6) is 0.738. The van der Waals surface area contributed by atoms with Gasteiger partial charge in [-0.25, -0.2) is 15.0 Å². The van der Waals surface area contributed by atoms with E-state index in [4.69, 9.17) is 10.00 Å². The van der Waals surface area contributed by atoms with E-state index in [0.717, 1.165) is 10.9 Å². The van der Waals surface area contributed by atoms with Gasteiger partial charge in [0.1, 0.15) is 29.2 Å². The van der Waals surface area contributed by atoms with Crippen LogP contribution in [-0.4, -0.2) is 33.5 Å². The molecule has 1 amide bonds. The van der Waals surface area contributed by atoms with Gasteiger partial charge in [-0.05, 0) is 38.5 Å². The summed E-state index contributed by atoms with van der Waals surface area (Å²) in [6.07, 6.45) is 3.08. The average Bonchev–Trinajstić information content (AvgIpc) is 2.99. The molecule has 0 atom stereocenters. The minimum atomic E-state index is -0.298. The van der Waals surface area contributed by atoms with E-state index in [1.807, 2.05) is 32.9 Å². The van der Waals surface area contributed by atoms with Crippen LogP contribution in [0.3, 0.4) is 0 Å². The number of aromatic nitrogens is 3. The molecule has 2 N–H and O–H groups in total. The number of carbonyl (C=O) groups excluding carboxylic acids is 1. The number of nitrogens with one attached hydrogen (secondary N) is 2. The first-order valence-electron chi connectivity index (χ1n) is 8.29. The quantitative estimate of drug-likeness (QED) is 0.630. The molecule has 0 saturated carbocycles. The van der Waals surface area contributed by atoms with Gasteiger partial charge in [0.25, 0.3) is 5.91 Å². The molecule has 0 unspecified atom stereocenters. The van der Waals surface area contributed by atoms with Gasteiger partial charge in [-0.15, -0.1) is 11.3 Å². The van der Waals surface area contributed by atoms with Crippen molar-refractivity contribution in [2.75, 3.05) is 11.9 Å². The van der Waals surface area contributed by atoms with E-state index in [0.29, 0.717) is 27.1 Å². The molecule has 0 radical (unpaired) electrons. The van der Waals surface area contributed by atoms with Crippen LogP contribution in [0.4, 0.5) is 11.5 Å². The molecule has 0 aromatic carbocycles. The Balaban J connectivity index is 2.00. The largest absolute Gasteiger partial charge is 0.473 e. The maximum atomic E-state index is 12.3. The molecular weight excluding hydrogens is 364 g/mol. The van der Waals surface area contributed by atoms with Crippen molar-refractivity contribution in [2.24, 2.45) is 0 Å². The lowest BCUT2D eigenvalue weighted by atomic mass is 10.2. The molecular formula is C18H18N6O2S. The molecule has 3 aromatic heterocycles. The van der Waals surface area contributed by atoms with Crippen molar-refractivity contribution in [2.45, 2.75) is 26.9 Å². The Bertz CT molecular complexity index is 1020. The second-order valence-electron chi connectivity index (χ2n) is 5.95. The first-order valence-corrected chi connectivity index (χ1v) is 9.10. The Morgan fingerprint density at radius 1 is 1.37 bits per heavy atom. The zero-order valence-corrected chi connectivity index (χ0v) is 15.9. The fourth-order valence-corrected chi connectivity index (χ4v) is 3.58. The molecule has 3 aromatic rings. The van der Waals surface area contributed by atoms with Crippen LogP contribution in [0.1, 0.15) is 29.1 Å². The molecule has 0 aliphatic heterocycles. The highest BCUT2D eigenvalue weighted by Crippen LogP contribution is 2.35. The van der Waals surface area contributed by atoms with Gasteiger partial charge >= 0.3 is 0 Å². The van der Waals surface area contributed by atoms with Crippen LogP contribution in [-0.2, 0) is 0 Å². The third-order valence-electron chi connectivity index (χ3n) is 3.63. The number of amides is 1. The van der Waals surface area contributed by atoms with Crippen molar-refractivity contribution in [1.82, 2.24) is 20.3 Å². The number of fused-ring (bicyclic) bond motifs is 1. The summed E-state index contributed by atoms with van der Waals surface area (Å²) >= 11 is 1.26. The van der Waals surface area contributed by atoms with E-state index in [1.54, 1.807) is 12.3 Å². The zero-order chi connectivity index (χ0) is 19.4. The van der Waals surface area contributed by atoms with E-state index in [9.17, 15) is 4.79 Å². The van der Waals surface area contributed by atoms with Crippen LogP contribution >= 0.6 is 11.3 Å². The summed E-state index contributed by atoms with van der Waals surface area (Å²) < 4.78 is 5.74. The van der Waals surface area contributed by atoms with E-state index >= 15 is 0 Å². The van der Waals surface area contributed by atoms with Crippen molar-refractivity contribution in [1.29, 1.82) is 5.26 Å². The number of aryl methyl sites for hydroxylation is 1. The Labute approximate surface area is 160 Å². The van der Waals surface area contributed by atoms with Crippen LogP contribution in [0.2, 0.25) is 0 Å². The van der Waals surface area contributed by atoms with Crippen molar-refractivity contribution in [3.8, 4) is 11.9 Å². The molecule has 0 spiro atoms. The predicted molar refractivity (Wildman–Crippen MR) is 103 cm³/mol. The second-order valence-corrected chi connectivity index (χ2v) is 6.95. The minimum Gasteiger partial charge on any atom is -0.473 e. The highest BCUT2D eigenvalue weighted by atomic mass is 32.1. The van der Waals surface area contributed by atoms with Gasteiger partial charge in [-0.2, -0.15) is 5.26 Å². The van der Waals surface area contributed by atoms with Crippen molar-refractivity contribution >= 4 is 39.0 Å². The standard InChI is InChI=1S/C18H18N6O2S/c1-10(2)26-17-12(5-4-7-21-17)24-15-13-11(3)14(16(25)20-8-6-19)27-18(13)23-9-22-15/h4-5,7,9-10H,8H2,1-3H3,(H,20,25)(H,22,23,24). The number of hydrogen-bond acceptors (Lipinski definition) is 8. The van der Waals surface area contributed by atoms with Gasteiger partial charge in [0.05, 0.1) is 22.4 Å². The van der Waals surface area contributed by atoms with Gasteiger partial charge < -0.3 is 15.4 Å². The summed E-state index contributed by atoms with van der Waals surface area (Å²) in [6.45, 7) is 5.64. The van der Waals surface area contributed by atoms with E-state index < -0.39 is 0 Å². The maximum Gasteiger partial charge on any atom is 0.262 e. The van der Waals surface area contributed by atoms with Crippen molar-refractivity contribution < 1.29 is 9.53 Å². The molecule has 138 valence electrons. The molecule has 0 aliphatic carbocycles. The highest BCUT2D eigenvalue weighted by molar-refractivity contribution is 7.20. The molecule has 0 aliphatic rings. The van der Waals surface area contributed by atoms with Gasteiger partial charge in [0.2, 0.25) is 5.88 Å². The summed E-state index contributed by atoms with van der Waals surface area (Å²) in [5, 5.41) is 15.2. The highest BCUT2D eigenvalue weighted by Gasteiger charge is 2.20. The number of rotatable bonds is 6. The lowest BCUT2D eigenvalue weighted by Gasteiger charge is -2.14. The van der Waals surface area contributed by atoms with E-state index in [-0.39, 0.29) is 18.6 Å². The molecule has 8 nitrogen and oxygen atoms in total. The molecule has 0 bridgehead atoms. The number of carbonyl (C=O) groups is 1. The maximum absolute atomic E-state index is 12.3. The van der Waals surface area contributed by atoms with Crippen molar-refractivity contribution in [3.05, 3.63) is 35.1 Å². The lowest BCUT2D eigenvalue weighted by molar-refractivity contribution is 0.0962. The average molecular weight is 382 g/mol. The Hall–Kier alpha value is -3.25. The number of thiophene rings is 1. The van der Waals surface area contributed by atoms with E-state index in [2.05, 4.69) is 25.6 Å². The summed E-state index contributed by atoms with van der Waals surface area (Å²) in [6, 6.07) is 5.55. The predicted octanol–water partition coefficient (Wildman–Crippen LogP) is 3.18. The molecule has 9 heteroatoms. The normalized spacial score (nSPS) is 10.6. The van der Waals surface area contributed by atoms with Gasteiger partial charge in [0.15, 0.2) is 0 Å². The smallest absolute Gasteiger partial charge is 0.262 e. The van der Waals surface area contributed by atoms with Gasteiger partial charge in [-0.3, -0.25) is 4.79 Å². The van der Waals surface area contributed by atoms with Crippen LogP contribution in [0.25, 0.3) is 10.2 Å². The van der Waals surface area contributed by atoms with Crippen LogP contribution in [0.15, 0.2) is 24.7 Å². The first kappa shape index (κ1) is 18.5. The number of nitriles is 1. The molecule has 0 fully saturated rings. The summed E-state index contributed by atoms with van der Waals surface area (Å²) in [5.41, 5.74) is 1.43. The lowest BCUT2D eigenvalue weighted by Crippen LogP contribution is -2.23. The second kappa shape index (κ2) is 7.97. The van der Waals surface area contributed by atoms with Gasteiger partial charge in [0, 0.05) is 6.20 Å². The van der Waals surface area contributed by atoms with Gasteiger partial charge in [-0.1, -0.05) is 0 Å². The topological polar surface area (TPSA) is 113 Å². The molecule has 3 heterocycles. The molecule has 27 heavy (non-hydrogen) atoms. The fourth-order valence-electron chi connectivity index (χ4n) is 2.51. The van der Waals surface area contributed by atoms with Crippen LogP contribution in [0, 0.1) is 18.3 Å². The number of ether oxygens (including phenoxy) is 1. The van der Waals surface area contributed by atoms with E-state index in [1.165, 1.54) is 17.7 Å². The van der Waals surface area contributed by atoms with Crippen LogP contribution in [0.5, 0.6) is 5.88 Å². The Morgan fingerprint density at radius 2 is 2.19 bits per heavy atom. The third kappa shape index (κ3) is 3.96.